The lowest BCUT2D eigenvalue weighted by Crippen LogP contribution is -2.08. The molecule has 0 heterocycles. The third-order valence-corrected chi connectivity index (χ3v) is 4.76. The molecular formula is C23H46O2. The van der Waals surface area contributed by atoms with Crippen LogP contribution in [0.25, 0.3) is 0 Å². The summed E-state index contributed by atoms with van der Waals surface area (Å²) >= 11 is 0. The summed E-state index contributed by atoms with van der Waals surface area (Å²) in [5.74, 6) is 1.24. The standard InChI is InChI=1S/C23H46O2/c1-21(2)18-16-14-12-10-8-6-5-7-9-11-13-15-17-19-25-23(24)20-22(3)4/h21-22H,5-20H2,1-4H3. The van der Waals surface area contributed by atoms with Gasteiger partial charge in [0.05, 0.1) is 6.61 Å². The van der Waals surface area contributed by atoms with E-state index in [1.54, 1.807) is 0 Å². The quantitative estimate of drug-likeness (QED) is 0.186. The average molecular weight is 355 g/mol. The number of ether oxygens (including phenoxy) is 1. The van der Waals surface area contributed by atoms with Crippen LogP contribution in [0.1, 0.15) is 124 Å². The molecule has 0 N–H and O–H groups in total. The molecule has 150 valence electrons. The first-order valence-electron chi connectivity index (χ1n) is 11.2. The molecule has 2 heteroatoms. The molecule has 0 fully saturated rings. The van der Waals surface area contributed by atoms with Crippen LogP contribution in [0.5, 0.6) is 0 Å². The van der Waals surface area contributed by atoms with Gasteiger partial charge in [0.1, 0.15) is 0 Å². The fraction of sp³-hybridized carbons (Fsp3) is 0.957. The van der Waals surface area contributed by atoms with E-state index in [1.807, 2.05) is 0 Å². The number of rotatable bonds is 18. The highest BCUT2D eigenvalue weighted by molar-refractivity contribution is 5.69. The molecule has 0 unspecified atom stereocenters. The van der Waals surface area contributed by atoms with Crippen LogP contribution in [0.3, 0.4) is 0 Å². The lowest BCUT2D eigenvalue weighted by molar-refractivity contribution is -0.144. The maximum Gasteiger partial charge on any atom is 0.306 e. The average Bonchev–Trinajstić information content (AvgIpc) is 2.53. The molecular weight excluding hydrogens is 308 g/mol. The van der Waals surface area contributed by atoms with Crippen molar-refractivity contribution in [2.45, 2.75) is 124 Å². The highest BCUT2D eigenvalue weighted by Crippen LogP contribution is 2.14. The minimum Gasteiger partial charge on any atom is -0.466 e. The summed E-state index contributed by atoms with van der Waals surface area (Å²) in [6.45, 7) is 9.36. The molecule has 0 spiro atoms. The van der Waals surface area contributed by atoms with Crippen molar-refractivity contribution in [3.63, 3.8) is 0 Å². The van der Waals surface area contributed by atoms with Gasteiger partial charge in [0.15, 0.2) is 0 Å². The van der Waals surface area contributed by atoms with Gasteiger partial charge in [-0.15, -0.1) is 0 Å². The van der Waals surface area contributed by atoms with Crippen molar-refractivity contribution in [3.05, 3.63) is 0 Å². The van der Waals surface area contributed by atoms with E-state index in [4.69, 9.17) is 4.74 Å². The van der Waals surface area contributed by atoms with Gasteiger partial charge in [0.2, 0.25) is 0 Å². The topological polar surface area (TPSA) is 26.3 Å². The van der Waals surface area contributed by atoms with Gasteiger partial charge in [-0.1, -0.05) is 111 Å². The van der Waals surface area contributed by atoms with E-state index in [2.05, 4.69) is 27.7 Å². The number of hydrogen-bond acceptors (Lipinski definition) is 2. The molecule has 0 aromatic carbocycles. The summed E-state index contributed by atoms with van der Waals surface area (Å²) in [5, 5.41) is 0. The van der Waals surface area contributed by atoms with Gasteiger partial charge in [-0.05, 0) is 18.3 Å². The molecule has 0 atom stereocenters. The van der Waals surface area contributed by atoms with Gasteiger partial charge in [0, 0.05) is 6.42 Å². The smallest absolute Gasteiger partial charge is 0.306 e. The molecule has 0 aromatic heterocycles. The monoisotopic (exact) mass is 354 g/mol. The zero-order valence-electron chi connectivity index (χ0n) is 17.8. The molecule has 0 aliphatic carbocycles. The number of unbranched alkanes of at least 4 members (excludes halogenated alkanes) is 12. The first-order chi connectivity index (χ1) is 12.0. The Kier molecular flexibility index (Phi) is 17.9. The summed E-state index contributed by atoms with van der Waals surface area (Å²) in [7, 11) is 0. The van der Waals surface area contributed by atoms with E-state index in [1.165, 1.54) is 83.5 Å². The van der Waals surface area contributed by atoms with E-state index in [0.717, 1.165) is 12.3 Å². The van der Waals surface area contributed by atoms with Crippen LogP contribution < -0.4 is 0 Å². The van der Waals surface area contributed by atoms with Crippen LogP contribution in [0.2, 0.25) is 0 Å². The lowest BCUT2D eigenvalue weighted by Gasteiger charge is -2.06. The van der Waals surface area contributed by atoms with Crippen LogP contribution in [-0.2, 0) is 9.53 Å². The Balaban J connectivity index is 3.08. The van der Waals surface area contributed by atoms with Crippen molar-refractivity contribution in [3.8, 4) is 0 Å². The molecule has 0 bridgehead atoms. The van der Waals surface area contributed by atoms with Gasteiger partial charge in [-0.2, -0.15) is 0 Å². The lowest BCUT2D eigenvalue weighted by atomic mass is 10.0. The zero-order chi connectivity index (χ0) is 18.8. The second-order valence-electron chi connectivity index (χ2n) is 8.60. The third-order valence-electron chi connectivity index (χ3n) is 4.76. The highest BCUT2D eigenvalue weighted by Gasteiger charge is 2.05. The van der Waals surface area contributed by atoms with Gasteiger partial charge < -0.3 is 4.74 Å². The van der Waals surface area contributed by atoms with E-state index in [-0.39, 0.29) is 5.97 Å². The number of carbonyl (C=O) groups is 1. The minimum atomic E-state index is -0.0325. The fourth-order valence-corrected chi connectivity index (χ4v) is 3.18. The van der Waals surface area contributed by atoms with Crippen molar-refractivity contribution >= 4 is 5.97 Å². The van der Waals surface area contributed by atoms with Gasteiger partial charge >= 0.3 is 5.97 Å². The molecule has 0 aliphatic heterocycles. The van der Waals surface area contributed by atoms with Crippen molar-refractivity contribution < 1.29 is 9.53 Å². The van der Waals surface area contributed by atoms with Crippen molar-refractivity contribution in [2.24, 2.45) is 11.8 Å². The first kappa shape index (κ1) is 24.5. The van der Waals surface area contributed by atoms with Gasteiger partial charge in [-0.3, -0.25) is 4.79 Å². The number of carbonyl (C=O) groups excluding carboxylic acids is 1. The molecule has 0 amide bonds. The summed E-state index contributed by atoms with van der Waals surface area (Å²) in [6, 6.07) is 0. The van der Waals surface area contributed by atoms with Gasteiger partial charge in [0.25, 0.3) is 0 Å². The summed E-state index contributed by atoms with van der Waals surface area (Å²) < 4.78 is 5.23. The molecule has 0 saturated heterocycles. The summed E-state index contributed by atoms with van der Waals surface area (Å²) in [6.07, 6.45) is 19.6. The van der Waals surface area contributed by atoms with E-state index < -0.39 is 0 Å². The largest absolute Gasteiger partial charge is 0.466 e. The maximum atomic E-state index is 11.4. The molecule has 25 heavy (non-hydrogen) atoms. The predicted octanol–water partition coefficient (Wildman–Crippen LogP) is 7.69. The van der Waals surface area contributed by atoms with Crippen LogP contribution >= 0.6 is 0 Å². The molecule has 2 nitrogen and oxygen atoms in total. The normalized spacial score (nSPS) is 11.4. The molecule has 0 radical (unpaired) electrons. The Hall–Kier alpha value is -0.530. The van der Waals surface area contributed by atoms with Crippen molar-refractivity contribution in [1.82, 2.24) is 0 Å². The molecule has 0 aliphatic rings. The Morgan fingerprint density at radius 2 is 1.00 bits per heavy atom. The van der Waals surface area contributed by atoms with Gasteiger partial charge in [-0.25, -0.2) is 0 Å². The molecule has 0 saturated carbocycles. The van der Waals surface area contributed by atoms with Crippen molar-refractivity contribution in [2.75, 3.05) is 6.61 Å². The van der Waals surface area contributed by atoms with Crippen molar-refractivity contribution in [1.29, 1.82) is 0 Å². The van der Waals surface area contributed by atoms with E-state index >= 15 is 0 Å². The first-order valence-corrected chi connectivity index (χ1v) is 11.2. The fourth-order valence-electron chi connectivity index (χ4n) is 3.18. The molecule has 0 aromatic rings. The third kappa shape index (κ3) is 21.4. The number of hydrogen-bond donors (Lipinski definition) is 0. The maximum absolute atomic E-state index is 11.4. The van der Waals surface area contributed by atoms with Crippen LogP contribution in [-0.4, -0.2) is 12.6 Å². The Bertz CT molecular complexity index is 284. The Morgan fingerprint density at radius 3 is 1.40 bits per heavy atom. The number of esters is 1. The minimum absolute atomic E-state index is 0.0325. The Morgan fingerprint density at radius 1 is 0.600 bits per heavy atom. The highest BCUT2D eigenvalue weighted by atomic mass is 16.5. The summed E-state index contributed by atoms with van der Waals surface area (Å²) in [5.41, 5.74) is 0. The summed E-state index contributed by atoms with van der Waals surface area (Å²) in [4.78, 5) is 11.4. The molecule has 0 rings (SSSR count). The second kappa shape index (κ2) is 18.3. The zero-order valence-corrected chi connectivity index (χ0v) is 17.8. The SMILES string of the molecule is CC(C)CCCCCCCCCCCCCCCOC(=O)CC(C)C. The van der Waals surface area contributed by atoms with Crippen LogP contribution in [0.15, 0.2) is 0 Å². The predicted molar refractivity (Wildman–Crippen MR) is 110 cm³/mol. The van der Waals surface area contributed by atoms with E-state index in [0.29, 0.717) is 18.9 Å². The Labute approximate surface area is 158 Å². The second-order valence-corrected chi connectivity index (χ2v) is 8.60. The van der Waals surface area contributed by atoms with Crippen LogP contribution in [0, 0.1) is 11.8 Å². The van der Waals surface area contributed by atoms with E-state index in [9.17, 15) is 4.79 Å². The van der Waals surface area contributed by atoms with Crippen LogP contribution in [0.4, 0.5) is 0 Å².